The molecule has 20 heavy (non-hydrogen) atoms. The quantitative estimate of drug-likeness (QED) is 0.829. The van der Waals surface area contributed by atoms with E-state index in [9.17, 15) is 0 Å². The van der Waals surface area contributed by atoms with E-state index >= 15 is 0 Å². The molecule has 0 aliphatic rings. The molecule has 0 bridgehead atoms. The van der Waals surface area contributed by atoms with E-state index < -0.39 is 5.54 Å². The lowest BCUT2D eigenvalue weighted by molar-refractivity contribution is 0.580. The minimum Gasteiger partial charge on any atom is -0.344 e. The molecule has 2 heterocycles. The molecule has 0 radical (unpaired) electrons. The van der Waals surface area contributed by atoms with E-state index in [0.717, 1.165) is 23.0 Å². The van der Waals surface area contributed by atoms with Crippen LogP contribution in [-0.4, -0.2) is 20.3 Å². The SMILES string of the molecule is CC(C)(Nc1ncc(CCBr)cn1)c1ncccc1Cl. The maximum atomic E-state index is 6.19. The number of rotatable bonds is 5. The van der Waals surface area contributed by atoms with E-state index in [1.54, 1.807) is 6.20 Å². The maximum absolute atomic E-state index is 6.19. The highest BCUT2D eigenvalue weighted by Gasteiger charge is 2.25. The Morgan fingerprint density at radius 2 is 1.95 bits per heavy atom. The first-order valence-electron chi connectivity index (χ1n) is 6.29. The highest BCUT2D eigenvalue weighted by molar-refractivity contribution is 9.09. The van der Waals surface area contributed by atoms with Crippen LogP contribution in [0.4, 0.5) is 5.95 Å². The van der Waals surface area contributed by atoms with Crippen LogP contribution in [0.15, 0.2) is 30.7 Å². The highest BCUT2D eigenvalue weighted by atomic mass is 79.9. The molecule has 4 nitrogen and oxygen atoms in total. The third-order valence-electron chi connectivity index (χ3n) is 2.86. The van der Waals surface area contributed by atoms with Gasteiger partial charge in [-0.05, 0) is 38.0 Å². The predicted octanol–water partition coefficient (Wildman–Crippen LogP) is 3.81. The first kappa shape index (κ1) is 15.2. The predicted molar refractivity (Wildman–Crippen MR) is 85.4 cm³/mol. The van der Waals surface area contributed by atoms with E-state index in [4.69, 9.17) is 11.6 Å². The van der Waals surface area contributed by atoms with Crippen LogP contribution in [-0.2, 0) is 12.0 Å². The number of aromatic nitrogens is 3. The Bertz CT molecular complexity index is 572. The fraction of sp³-hybridized carbons (Fsp3) is 0.357. The number of pyridine rings is 1. The second kappa shape index (κ2) is 6.50. The van der Waals surface area contributed by atoms with Crippen molar-refractivity contribution in [3.8, 4) is 0 Å². The summed E-state index contributed by atoms with van der Waals surface area (Å²) in [5.41, 5.74) is 1.42. The van der Waals surface area contributed by atoms with Gasteiger partial charge in [-0.2, -0.15) is 0 Å². The summed E-state index contributed by atoms with van der Waals surface area (Å²) in [5.74, 6) is 0.565. The molecule has 0 atom stereocenters. The molecule has 0 amide bonds. The number of halogens is 2. The van der Waals surface area contributed by atoms with Gasteiger partial charge >= 0.3 is 0 Å². The van der Waals surface area contributed by atoms with Crippen molar-refractivity contribution in [3.63, 3.8) is 0 Å². The Hall–Kier alpha value is -1.20. The number of nitrogens with one attached hydrogen (secondary N) is 1. The Balaban J connectivity index is 2.17. The highest BCUT2D eigenvalue weighted by Crippen LogP contribution is 2.27. The van der Waals surface area contributed by atoms with E-state index in [1.807, 2.05) is 38.4 Å². The van der Waals surface area contributed by atoms with Gasteiger partial charge in [0.15, 0.2) is 0 Å². The van der Waals surface area contributed by atoms with Crippen molar-refractivity contribution in [2.75, 3.05) is 10.6 Å². The summed E-state index contributed by atoms with van der Waals surface area (Å²) in [5, 5.41) is 4.79. The Morgan fingerprint density at radius 1 is 1.25 bits per heavy atom. The number of hydrogen-bond donors (Lipinski definition) is 1. The van der Waals surface area contributed by atoms with Crippen molar-refractivity contribution >= 4 is 33.5 Å². The first-order valence-corrected chi connectivity index (χ1v) is 7.79. The van der Waals surface area contributed by atoms with Gasteiger partial charge in [-0.3, -0.25) is 4.98 Å². The summed E-state index contributed by atoms with van der Waals surface area (Å²) in [4.78, 5) is 13.0. The summed E-state index contributed by atoms with van der Waals surface area (Å²) in [6.45, 7) is 3.99. The van der Waals surface area contributed by atoms with Crippen LogP contribution >= 0.6 is 27.5 Å². The van der Waals surface area contributed by atoms with E-state index in [0.29, 0.717) is 11.0 Å². The van der Waals surface area contributed by atoms with Crippen molar-refractivity contribution in [2.24, 2.45) is 0 Å². The summed E-state index contributed by atoms with van der Waals surface area (Å²) in [6, 6.07) is 3.64. The minimum absolute atomic E-state index is 0.449. The van der Waals surface area contributed by atoms with Crippen molar-refractivity contribution in [1.82, 2.24) is 15.0 Å². The van der Waals surface area contributed by atoms with Crippen LogP contribution in [0.3, 0.4) is 0 Å². The molecule has 6 heteroatoms. The number of aryl methyl sites for hydroxylation is 1. The summed E-state index contributed by atoms with van der Waals surface area (Å²) < 4.78 is 0. The van der Waals surface area contributed by atoms with Gasteiger partial charge in [0.1, 0.15) is 0 Å². The molecule has 0 saturated heterocycles. The third kappa shape index (κ3) is 3.67. The normalized spacial score (nSPS) is 11.4. The van der Waals surface area contributed by atoms with Crippen LogP contribution in [0.2, 0.25) is 5.02 Å². The molecule has 2 aromatic rings. The zero-order valence-corrected chi connectivity index (χ0v) is 13.7. The molecule has 0 saturated carbocycles. The van der Waals surface area contributed by atoms with Crippen LogP contribution in [0.1, 0.15) is 25.1 Å². The lowest BCUT2D eigenvalue weighted by Crippen LogP contribution is -2.30. The molecule has 0 spiro atoms. The first-order chi connectivity index (χ1) is 9.53. The average molecular weight is 356 g/mol. The lowest BCUT2D eigenvalue weighted by atomic mass is 10.00. The van der Waals surface area contributed by atoms with E-state index in [2.05, 4.69) is 36.2 Å². The molecule has 2 aromatic heterocycles. The standard InChI is InChI=1S/C14H16BrClN4/c1-14(2,12-11(16)4-3-7-17-12)20-13-18-8-10(5-6-15)9-19-13/h3-4,7-9H,5-6H2,1-2H3,(H,18,19,20). The third-order valence-corrected chi connectivity index (χ3v) is 3.56. The molecule has 0 unspecified atom stereocenters. The fourth-order valence-corrected chi connectivity index (χ4v) is 2.66. The van der Waals surface area contributed by atoms with Crippen LogP contribution in [0, 0.1) is 0 Å². The zero-order valence-electron chi connectivity index (χ0n) is 11.4. The average Bonchev–Trinajstić information content (AvgIpc) is 2.41. The topological polar surface area (TPSA) is 50.7 Å². The number of alkyl halides is 1. The van der Waals surface area contributed by atoms with Crippen LogP contribution in [0.25, 0.3) is 0 Å². The Labute approximate surface area is 132 Å². The van der Waals surface area contributed by atoms with Crippen LogP contribution in [0.5, 0.6) is 0 Å². The number of hydrogen-bond acceptors (Lipinski definition) is 4. The largest absolute Gasteiger partial charge is 0.344 e. The van der Waals surface area contributed by atoms with Gasteiger partial charge in [0, 0.05) is 23.9 Å². The van der Waals surface area contributed by atoms with Gasteiger partial charge in [0.2, 0.25) is 5.95 Å². The molecular weight excluding hydrogens is 340 g/mol. The summed E-state index contributed by atoms with van der Waals surface area (Å²) >= 11 is 9.59. The molecule has 106 valence electrons. The van der Waals surface area contributed by atoms with E-state index in [-0.39, 0.29) is 0 Å². The van der Waals surface area contributed by atoms with Crippen molar-refractivity contribution in [2.45, 2.75) is 25.8 Å². The Kier molecular flexibility index (Phi) is 4.94. The number of anilines is 1. The second-order valence-electron chi connectivity index (χ2n) is 4.94. The monoisotopic (exact) mass is 354 g/mol. The summed E-state index contributed by atoms with van der Waals surface area (Å²) in [6.07, 6.45) is 6.29. The van der Waals surface area contributed by atoms with Crippen molar-refractivity contribution in [1.29, 1.82) is 0 Å². The second-order valence-corrected chi connectivity index (χ2v) is 6.14. The van der Waals surface area contributed by atoms with Crippen molar-refractivity contribution < 1.29 is 0 Å². The van der Waals surface area contributed by atoms with Gasteiger partial charge in [-0.25, -0.2) is 9.97 Å². The van der Waals surface area contributed by atoms with Gasteiger partial charge < -0.3 is 5.32 Å². The van der Waals surface area contributed by atoms with E-state index in [1.165, 1.54) is 0 Å². The molecular formula is C14H16BrClN4. The molecule has 0 aromatic carbocycles. The molecule has 1 N–H and O–H groups in total. The van der Waals surface area contributed by atoms with Gasteiger partial charge in [-0.1, -0.05) is 27.5 Å². The number of nitrogens with zero attached hydrogens (tertiary/aromatic N) is 3. The maximum Gasteiger partial charge on any atom is 0.223 e. The smallest absolute Gasteiger partial charge is 0.223 e. The van der Waals surface area contributed by atoms with Crippen LogP contribution < -0.4 is 5.32 Å². The molecule has 2 rings (SSSR count). The lowest BCUT2D eigenvalue weighted by Gasteiger charge is -2.26. The van der Waals surface area contributed by atoms with Gasteiger partial charge in [0.25, 0.3) is 0 Å². The zero-order chi connectivity index (χ0) is 14.6. The molecule has 0 fully saturated rings. The summed E-state index contributed by atoms with van der Waals surface area (Å²) in [7, 11) is 0. The fourth-order valence-electron chi connectivity index (χ4n) is 1.84. The molecule has 0 aliphatic carbocycles. The van der Waals surface area contributed by atoms with Gasteiger partial charge in [-0.15, -0.1) is 0 Å². The Morgan fingerprint density at radius 3 is 2.55 bits per heavy atom. The van der Waals surface area contributed by atoms with Crippen molar-refractivity contribution in [3.05, 3.63) is 47.0 Å². The minimum atomic E-state index is -0.449. The molecule has 0 aliphatic heterocycles. The van der Waals surface area contributed by atoms with Gasteiger partial charge in [0.05, 0.1) is 16.3 Å².